The van der Waals surface area contributed by atoms with Crippen LogP contribution in [0.4, 0.5) is 0 Å². The minimum absolute atomic E-state index is 0.0936. The summed E-state index contributed by atoms with van der Waals surface area (Å²) in [5.74, 6) is -1.52. The molecule has 0 bridgehead atoms. The molecule has 0 aliphatic carbocycles. The summed E-state index contributed by atoms with van der Waals surface area (Å²) >= 11 is 5.97. The van der Waals surface area contributed by atoms with Crippen LogP contribution >= 0.6 is 11.6 Å². The molecule has 2 N–H and O–H groups in total. The molecule has 0 radical (unpaired) electrons. The lowest BCUT2D eigenvalue weighted by molar-refractivity contribution is -0.148. The van der Waals surface area contributed by atoms with E-state index in [1.54, 1.807) is 12.1 Å². The molecule has 6 heteroatoms. The predicted molar refractivity (Wildman–Crippen MR) is 76.7 cm³/mol. The highest BCUT2D eigenvalue weighted by Crippen LogP contribution is 2.17. The fourth-order valence-electron chi connectivity index (χ4n) is 1.41. The second kappa shape index (κ2) is 7.67. The standard InChI is InChI=1S/C14H16ClNO4/c1-9-3-4-10(7-11(9)15)5-6-13(17)16-8-12(20-2)14(18)19/h3-7,12H,8H2,1-2H3,(H,16,17)(H,18,19)/b6-5+. The molecule has 20 heavy (non-hydrogen) atoms. The van der Waals surface area contributed by atoms with E-state index in [4.69, 9.17) is 21.4 Å². The van der Waals surface area contributed by atoms with Crippen molar-refractivity contribution >= 4 is 29.6 Å². The van der Waals surface area contributed by atoms with Gasteiger partial charge >= 0.3 is 5.97 Å². The quantitative estimate of drug-likeness (QED) is 0.786. The van der Waals surface area contributed by atoms with Gasteiger partial charge in [0.1, 0.15) is 0 Å². The van der Waals surface area contributed by atoms with E-state index in [1.165, 1.54) is 13.2 Å². The van der Waals surface area contributed by atoms with Crippen LogP contribution in [0.1, 0.15) is 11.1 Å². The zero-order chi connectivity index (χ0) is 15.1. The van der Waals surface area contributed by atoms with Gasteiger partial charge in [-0.2, -0.15) is 0 Å². The van der Waals surface area contributed by atoms with Crippen LogP contribution in [0.2, 0.25) is 5.02 Å². The molecule has 0 aliphatic rings. The van der Waals surface area contributed by atoms with Crippen molar-refractivity contribution in [3.8, 4) is 0 Å². The molecular formula is C14H16ClNO4. The van der Waals surface area contributed by atoms with Crippen LogP contribution in [0.15, 0.2) is 24.3 Å². The van der Waals surface area contributed by atoms with Crippen molar-refractivity contribution in [2.24, 2.45) is 0 Å². The third-order valence-corrected chi connectivity index (χ3v) is 3.05. The Kier molecular flexibility index (Phi) is 6.21. The number of halogens is 1. The first-order valence-electron chi connectivity index (χ1n) is 5.91. The maximum atomic E-state index is 11.5. The van der Waals surface area contributed by atoms with Crippen molar-refractivity contribution in [2.45, 2.75) is 13.0 Å². The molecule has 0 aromatic heterocycles. The largest absolute Gasteiger partial charge is 0.479 e. The van der Waals surface area contributed by atoms with Crippen LogP contribution in [0, 0.1) is 6.92 Å². The average molecular weight is 298 g/mol. The Balaban J connectivity index is 2.55. The normalized spacial score (nSPS) is 12.3. The number of aliphatic carboxylic acids is 1. The minimum atomic E-state index is -1.12. The lowest BCUT2D eigenvalue weighted by atomic mass is 10.1. The first kappa shape index (κ1) is 16.2. The molecule has 1 aromatic rings. The third-order valence-electron chi connectivity index (χ3n) is 2.64. The second-order valence-electron chi connectivity index (χ2n) is 4.15. The van der Waals surface area contributed by atoms with Crippen molar-refractivity contribution in [3.63, 3.8) is 0 Å². The molecule has 5 nitrogen and oxygen atoms in total. The molecule has 1 aromatic carbocycles. The highest BCUT2D eigenvalue weighted by atomic mass is 35.5. The highest BCUT2D eigenvalue weighted by Gasteiger charge is 2.16. The van der Waals surface area contributed by atoms with E-state index in [9.17, 15) is 9.59 Å². The van der Waals surface area contributed by atoms with Gasteiger partial charge < -0.3 is 15.2 Å². The van der Waals surface area contributed by atoms with E-state index in [0.717, 1.165) is 11.1 Å². The number of carboxylic acids is 1. The van der Waals surface area contributed by atoms with E-state index in [2.05, 4.69) is 5.32 Å². The smallest absolute Gasteiger partial charge is 0.334 e. The van der Waals surface area contributed by atoms with Crippen molar-refractivity contribution in [1.82, 2.24) is 5.32 Å². The first-order valence-corrected chi connectivity index (χ1v) is 6.29. The van der Waals surface area contributed by atoms with Crippen molar-refractivity contribution < 1.29 is 19.4 Å². The molecule has 0 spiro atoms. The summed E-state index contributed by atoms with van der Waals surface area (Å²) < 4.78 is 4.70. The summed E-state index contributed by atoms with van der Waals surface area (Å²) in [7, 11) is 1.27. The molecule has 0 heterocycles. The summed E-state index contributed by atoms with van der Waals surface area (Å²) in [4.78, 5) is 22.2. The molecule has 1 atom stereocenters. The van der Waals surface area contributed by atoms with Gasteiger partial charge in [0, 0.05) is 18.2 Å². The third kappa shape index (κ3) is 5.03. The minimum Gasteiger partial charge on any atom is -0.479 e. The van der Waals surface area contributed by atoms with E-state index in [1.807, 2.05) is 19.1 Å². The Morgan fingerprint density at radius 1 is 1.50 bits per heavy atom. The number of rotatable bonds is 6. The second-order valence-corrected chi connectivity index (χ2v) is 4.56. The number of aryl methyl sites for hydroxylation is 1. The molecule has 0 fully saturated rings. The van der Waals surface area contributed by atoms with Gasteiger partial charge in [0.15, 0.2) is 6.10 Å². The van der Waals surface area contributed by atoms with Crippen LogP contribution in [0.5, 0.6) is 0 Å². The number of carbonyl (C=O) groups is 2. The summed E-state index contributed by atoms with van der Waals surface area (Å²) in [5, 5.41) is 11.8. The predicted octanol–water partition coefficient (Wildman–Crippen LogP) is 1.88. The van der Waals surface area contributed by atoms with Crippen molar-refractivity contribution in [3.05, 3.63) is 40.4 Å². The molecule has 108 valence electrons. The van der Waals surface area contributed by atoms with Crippen LogP contribution in [-0.4, -0.2) is 36.7 Å². The number of carbonyl (C=O) groups excluding carboxylic acids is 1. The van der Waals surface area contributed by atoms with E-state index >= 15 is 0 Å². The van der Waals surface area contributed by atoms with Gasteiger partial charge in [-0.05, 0) is 30.2 Å². The van der Waals surface area contributed by atoms with Gasteiger partial charge in [-0.3, -0.25) is 4.79 Å². The van der Waals surface area contributed by atoms with Gasteiger partial charge in [-0.15, -0.1) is 0 Å². The van der Waals surface area contributed by atoms with Gasteiger partial charge in [-0.1, -0.05) is 23.7 Å². The van der Waals surface area contributed by atoms with Crippen molar-refractivity contribution in [2.75, 3.05) is 13.7 Å². The zero-order valence-electron chi connectivity index (χ0n) is 11.2. The Labute approximate surface area is 122 Å². The number of carboxylic acid groups (broad SMARTS) is 1. The molecular weight excluding hydrogens is 282 g/mol. The molecule has 1 rings (SSSR count). The summed E-state index contributed by atoms with van der Waals surface area (Å²) in [6, 6.07) is 5.43. The number of amides is 1. The van der Waals surface area contributed by atoms with Gasteiger partial charge in [0.2, 0.25) is 5.91 Å². The SMILES string of the molecule is COC(CNC(=O)/C=C/c1ccc(C)c(Cl)c1)C(=O)O. The van der Waals surface area contributed by atoms with Gasteiger partial charge in [0.25, 0.3) is 0 Å². The first-order chi connectivity index (χ1) is 9.43. The topological polar surface area (TPSA) is 75.6 Å². The highest BCUT2D eigenvalue weighted by molar-refractivity contribution is 6.31. The van der Waals surface area contributed by atoms with Crippen LogP contribution in [-0.2, 0) is 14.3 Å². The Bertz CT molecular complexity index is 528. The number of benzene rings is 1. The van der Waals surface area contributed by atoms with E-state index in [0.29, 0.717) is 5.02 Å². The Hall–Kier alpha value is -1.85. The number of hydrogen-bond donors (Lipinski definition) is 2. The Morgan fingerprint density at radius 3 is 2.75 bits per heavy atom. The van der Waals surface area contributed by atoms with Crippen LogP contribution in [0.3, 0.4) is 0 Å². The summed E-state index contributed by atoms with van der Waals surface area (Å²) in [5.41, 5.74) is 1.75. The lowest BCUT2D eigenvalue weighted by Crippen LogP contribution is -2.37. The van der Waals surface area contributed by atoms with Crippen LogP contribution < -0.4 is 5.32 Å². The van der Waals surface area contributed by atoms with Gasteiger partial charge in [-0.25, -0.2) is 4.79 Å². The number of methoxy groups -OCH3 is 1. The summed E-state index contributed by atoms with van der Waals surface area (Å²) in [6.07, 6.45) is 1.86. The molecule has 0 saturated carbocycles. The summed E-state index contributed by atoms with van der Waals surface area (Å²) in [6.45, 7) is 1.79. The molecule has 1 unspecified atom stereocenters. The molecule has 0 aliphatic heterocycles. The maximum Gasteiger partial charge on any atom is 0.334 e. The van der Waals surface area contributed by atoms with Crippen LogP contribution in [0.25, 0.3) is 6.08 Å². The number of hydrogen-bond acceptors (Lipinski definition) is 3. The number of nitrogens with one attached hydrogen (secondary N) is 1. The van der Waals surface area contributed by atoms with Crippen molar-refractivity contribution in [1.29, 1.82) is 0 Å². The lowest BCUT2D eigenvalue weighted by Gasteiger charge is -2.10. The average Bonchev–Trinajstić information content (AvgIpc) is 2.40. The monoisotopic (exact) mass is 297 g/mol. The maximum absolute atomic E-state index is 11.5. The Morgan fingerprint density at radius 2 is 2.20 bits per heavy atom. The van der Waals surface area contributed by atoms with E-state index < -0.39 is 18.0 Å². The fraction of sp³-hybridized carbons (Fsp3) is 0.286. The zero-order valence-corrected chi connectivity index (χ0v) is 12.0. The number of ether oxygens (including phenoxy) is 1. The van der Waals surface area contributed by atoms with E-state index in [-0.39, 0.29) is 6.54 Å². The van der Waals surface area contributed by atoms with Gasteiger partial charge in [0.05, 0.1) is 6.54 Å². The fourth-order valence-corrected chi connectivity index (χ4v) is 1.60. The molecule has 0 saturated heterocycles. The molecule has 1 amide bonds.